The van der Waals surface area contributed by atoms with Crippen LogP contribution in [0, 0.1) is 19.1 Å². The molecular formula is C52H44GeIrN4O-2. The molecule has 0 aliphatic carbocycles. The van der Waals surface area contributed by atoms with Crippen molar-refractivity contribution in [3.8, 4) is 39.5 Å². The Labute approximate surface area is 363 Å². The van der Waals surface area contributed by atoms with Gasteiger partial charge < -0.3 is 8.98 Å². The van der Waals surface area contributed by atoms with E-state index in [1.54, 1.807) is 0 Å². The maximum Gasteiger partial charge on any atom is 0 e. The summed E-state index contributed by atoms with van der Waals surface area (Å²) in [7, 11) is 0. The third-order valence-corrected chi connectivity index (χ3v) is 14.9. The van der Waals surface area contributed by atoms with Crippen LogP contribution in [0.15, 0.2) is 156 Å². The van der Waals surface area contributed by atoms with Crippen molar-refractivity contribution in [3.05, 3.63) is 175 Å². The third kappa shape index (κ3) is 7.69. The van der Waals surface area contributed by atoms with Crippen LogP contribution in [0.25, 0.3) is 83.3 Å². The molecule has 0 aliphatic rings. The van der Waals surface area contributed by atoms with Crippen LogP contribution in [-0.4, -0.2) is 32.8 Å². The number of imidazole rings is 1. The van der Waals surface area contributed by atoms with Crippen molar-refractivity contribution in [2.24, 2.45) is 0 Å². The Morgan fingerprint density at radius 1 is 0.729 bits per heavy atom. The van der Waals surface area contributed by atoms with Gasteiger partial charge in [0.1, 0.15) is 0 Å². The second-order valence-electron chi connectivity index (χ2n) is 16.0. The molecule has 0 amide bonds. The smallest absolute Gasteiger partial charge is 0 e. The maximum atomic E-state index is 8.44. The molecule has 0 unspecified atom stereocenters. The van der Waals surface area contributed by atoms with Crippen LogP contribution in [0.4, 0.5) is 0 Å². The largest absolute Gasteiger partial charge is 0 e. The van der Waals surface area contributed by atoms with E-state index in [1.807, 2.05) is 75.5 Å². The predicted molar refractivity (Wildman–Crippen MR) is 244 cm³/mol. The minimum absolute atomic E-state index is 0. The van der Waals surface area contributed by atoms with Gasteiger partial charge >= 0.3 is 120 Å². The zero-order valence-corrected chi connectivity index (χ0v) is 38.5. The normalized spacial score (nSPS) is 12.0. The number of fused-ring (bicyclic) bond motifs is 5. The standard InChI is InChI=1S/C35H22N3O.C17H22GeN.Ir/c1-22-18-20-28-27-14-9-15-29(33(27)39-35(28)36-22)34-37-30-16-7-8-17-31(30)38(34)32-25-13-6-5-12-24(25)19-21-26(32)23-10-3-2-4-11-23;1-13(2)15-11-17(14-9-7-6-8-10-14)19-12-16(15)18(3,4)5;/h2-14,16-21H,1H3;6-9,11-13H,1-5H3;/q2*-1;/i;13D;. The van der Waals surface area contributed by atoms with Gasteiger partial charge in [-0.3, -0.25) is 4.98 Å². The van der Waals surface area contributed by atoms with Crippen molar-refractivity contribution in [2.75, 3.05) is 0 Å². The fourth-order valence-corrected chi connectivity index (χ4v) is 11.1. The van der Waals surface area contributed by atoms with E-state index in [-0.39, 0.29) is 20.1 Å². The third-order valence-electron chi connectivity index (χ3n) is 10.7. The molecular weight excluding hydrogens is 961 g/mol. The van der Waals surface area contributed by atoms with Crippen molar-refractivity contribution >= 4 is 61.5 Å². The summed E-state index contributed by atoms with van der Waals surface area (Å²) in [6.07, 6.45) is 2.00. The first-order valence-electron chi connectivity index (χ1n) is 20.2. The summed E-state index contributed by atoms with van der Waals surface area (Å²) in [5.41, 5.74) is 11.4. The molecule has 59 heavy (non-hydrogen) atoms. The van der Waals surface area contributed by atoms with E-state index in [0.717, 1.165) is 83.5 Å². The van der Waals surface area contributed by atoms with Crippen LogP contribution in [0.2, 0.25) is 17.3 Å². The number of aryl methyl sites for hydroxylation is 1. The quantitative estimate of drug-likeness (QED) is 0.123. The summed E-state index contributed by atoms with van der Waals surface area (Å²) < 4.78 is 18.5. The van der Waals surface area contributed by atoms with Crippen LogP contribution in [0.1, 0.15) is 32.4 Å². The van der Waals surface area contributed by atoms with Gasteiger partial charge in [-0.05, 0) is 42.1 Å². The van der Waals surface area contributed by atoms with Crippen LogP contribution < -0.4 is 4.40 Å². The molecule has 1 radical (unpaired) electrons. The summed E-state index contributed by atoms with van der Waals surface area (Å²) in [5, 5.41) is 4.31. The molecule has 0 atom stereocenters. The number of benzene rings is 6. The van der Waals surface area contributed by atoms with Gasteiger partial charge in [0.05, 0.1) is 28.1 Å². The SMILES string of the molecule is Cc1ccc2c(n1)oc1c(-c3nc4ccccc4n3-c3c(-c4ccccc4)ccc4ccccc34)[c-]ccc12.[2H]C(C)(C)c1cc(-c2[c-]cccc2)nc[c]1[Ge]([CH3])([CH3])[CH3].[Ir]. The second kappa shape index (κ2) is 16.5. The van der Waals surface area contributed by atoms with E-state index in [0.29, 0.717) is 5.71 Å². The van der Waals surface area contributed by atoms with Crippen LogP contribution in [0.5, 0.6) is 0 Å². The number of hydrogen-bond donors (Lipinski definition) is 0. The second-order valence-corrected chi connectivity index (χ2v) is 26.5. The van der Waals surface area contributed by atoms with Crippen molar-refractivity contribution in [1.29, 1.82) is 0 Å². The van der Waals surface area contributed by atoms with E-state index < -0.39 is 19.2 Å². The van der Waals surface area contributed by atoms with Crippen LogP contribution in [-0.2, 0) is 20.1 Å². The number of furan rings is 1. The Bertz CT molecular complexity index is 3150. The summed E-state index contributed by atoms with van der Waals surface area (Å²) in [5.74, 6) is 7.23. The van der Waals surface area contributed by atoms with Crippen molar-refractivity contribution < 1.29 is 25.9 Å². The molecule has 6 aromatic carbocycles. The monoisotopic (exact) mass is 1010 g/mol. The maximum absolute atomic E-state index is 8.44. The minimum atomic E-state index is -2.03. The van der Waals surface area contributed by atoms with Crippen molar-refractivity contribution in [3.63, 3.8) is 0 Å². The Kier molecular flexibility index (Phi) is 10.9. The first-order chi connectivity index (χ1) is 28.5. The molecule has 5 nitrogen and oxygen atoms in total. The Morgan fingerprint density at radius 3 is 2.27 bits per heavy atom. The number of rotatable bonds is 6. The summed E-state index contributed by atoms with van der Waals surface area (Å²) in [4.78, 5) is 14.5. The molecule has 0 aliphatic heterocycles. The molecule has 4 heterocycles. The zero-order chi connectivity index (χ0) is 40.9. The average molecular weight is 1010 g/mol. The summed E-state index contributed by atoms with van der Waals surface area (Å²) in [6, 6.07) is 56.5. The molecule has 0 fully saturated rings. The van der Waals surface area contributed by atoms with Gasteiger partial charge in [-0.25, -0.2) is 4.98 Å². The number of hydrogen-bond acceptors (Lipinski definition) is 4. The molecule has 4 aromatic heterocycles. The van der Waals surface area contributed by atoms with E-state index >= 15 is 0 Å². The first kappa shape index (κ1) is 38.8. The molecule has 0 N–H and O–H groups in total. The zero-order valence-electron chi connectivity index (χ0n) is 35.0. The number of nitrogens with zero attached hydrogens (tertiary/aromatic N) is 4. The van der Waals surface area contributed by atoms with Crippen LogP contribution in [0.3, 0.4) is 0 Å². The molecule has 0 bridgehead atoms. The van der Waals surface area contributed by atoms with Crippen molar-refractivity contribution in [2.45, 2.75) is 43.9 Å². The summed E-state index contributed by atoms with van der Waals surface area (Å²) >= 11 is -2.03. The molecule has 0 saturated heterocycles. The van der Waals surface area contributed by atoms with E-state index in [1.165, 1.54) is 9.78 Å². The van der Waals surface area contributed by atoms with E-state index in [2.05, 4.69) is 141 Å². The fourth-order valence-electron chi connectivity index (χ4n) is 7.81. The Balaban J connectivity index is 0.000000202. The van der Waals surface area contributed by atoms with Gasteiger partial charge in [-0.15, -0.1) is 18.2 Å². The summed E-state index contributed by atoms with van der Waals surface area (Å²) in [6.45, 7) is 5.89. The van der Waals surface area contributed by atoms with Gasteiger partial charge in [-0.1, -0.05) is 89.8 Å². The van der Waals surface area contributed by atoms with Crippen molar-refractivity contribution in [1.82, 2.24) is 19.5 Å². The Morgan fingerprint density at radius 2 is 1.49 bits per heavy atom. The number of pyridine rings is 2. The molecule has 0 saturated carbocycles. The molecule has 10 rings (SSSR count). The van der Waals surface area contributed by atoms with Crippen LogP contribution >= 0.6 is 0 Å². The van der Waals surface area contributed by atoms with Gasteiger partial charge in [0.15, 0.2) is 0 Å². The molecule has 0 spiro atoms. The van der Waals surface area contributed by atoms with E-state index in [4.69, 9.17) is 10.8 Å². The number of aromatic nitrogens is 4. The first-order valence-corrected chi connectivity index (χ1v) is 27.0. The van der Waals surface area contributed by atoms with Gasteiger partial charge in [0, 0.05) is 42.1 Å². The predicted octanol–water partition coefficient (Wildman–Crippen LogP) is 13.1. The van der Waals surface area contributed by atoms with Gasteiger partial charge in [0.25, 0.3) is 0 Å². The molecule has 10 aromatic rings. The molecule has 293 valence electrons. The van der Waals surface area contributed by atoms with E-state index in [9.17, 15) is 0 Å². The van der Waals surface area contributed by atoms with Gasteiger partial charge in [0.2, 0.25) is 5.71 Å². The average Bonchev–Trinajstić information content (AvgIpc) is 3.81. The number of para-hydroxylation sites is 2. The molecule has 7 heteroatoms. The topological polar surface area (TPSA) is 56.7 Å². The van der Waals surface area contributed by atoms with Gasteiger partial charge in [-0.2, -0.15) is 0 Å². The fraction of sp³-hybridized carbons (Fsp3) is 0.135. The Hall–Kier alpha value is -5.66. The minimum Gasteiger partial charge on any atom is 0 e.